The lowest BCUT2D eigenvalue weighted by Gasteiger charge is -2.11. The van der Waals surface area contributed by atoms with E-state index in [-0.39, 0.29) is 22.4 Å². The Balaban J connectivity index is 1.64. The van der Waals surface area contributed by atoms with Gasteiger partial charge < -0.3 is 4.74 Å². The summed E-state index contributed by atoms with van der Waals surface area (Å²) in [6.07, 6.45) is 9.62. The first-order chi connectivity index (χ1) is 16.4. The second kappa shape index (κ2) is 12.4. The van der Waals surface area contributed by atoms with Crippen molar-refractivity contribution in [2.45, 2.75) is 52.4 Å². The van der Waals surface area contributed by atoms with E-state index in [0.29, 0.717) is 17.7 Å². The van der Waals surface area contributed by atoms with Crippen LogP contribution in [0.1, 0.15) is 62.1 Å². The molecule has 0 aromatic heterocycles. The topological polar surface area (TPSA) is 9.23 Å². The average Bonchev–Trinajstić information content (AvgIpc) is 2.84. The highest BCUT2D eigenvalue weighted by molar-refractivity contribution is 5.73. The van der Waals surface area contributed by atoms with E-state index in [2.05, 4.69) is 6.92 Å². The normalized spacial score (nSPS) is 11.4. The molecule has 0 spiro atoms. The minimum atomic E-state index is -0.996. The highest BCUT2D eigenvalue weighted by atomic mass is 19.2. The Hall–Kier alpha value is -3.08. The lowest BCUT2D eigenvalue weighted by Crippen LogP contribution is -2.01. The van der Waals surface area contributed by atoms with Crippen molar-refractivity contribution in [1.29, 1.82) is 0 Å². The van der Waals surface area contributed by atoms with Gasteiger partial charge in [-0.3, -0.25) is 0 Å². The van der Waals surface area contributed by atoms with Gasteiger partial charge in [-0.2, -0.15) is 4.39 Å². The van der Waals surface area contributed by atoms with Crippen molar-refractivity contribution in [3.8, 4) is 16.9 Å². The highest BCUT2D eigenvalue weighted by Crippen LogP contribution is 2.30. The molecule has 5 heteroatoms. The molecule has 0 unspecified atom stereocenters. The van der Waals surface area contributed by atoms with Crippen LogP contribution in [0.15, 0.2) is 48.5 Å². The second-order valence-corrected chi connectivity index (χ2v) is 8.41. The number of unbranched alkanes of at least 4 members (excludes halogenated alkanes) is 5. The maximum absolute atomic E-state index is 14.7. The summed E-state index contributed by atoms with van der Waals surface area (Å²) < 4.78 is 62.4. The zero-order chi connectivity index (χ0) is 24.5. The fourth-order valence-electron chi connectivity index (χ4n) is 3.68. The molecule has 0 aliphatic rings. The van der Waals surface area contributed by atoms with Crippen LogP contribution in [0.4, 0.5) is 17.6 Å². The summed E-state index contributed by atoms with van der Waals surface area (Å²) >= 11 is 0. The molecular weight excluding hydrogens is 440 g/mol. The summed E-state index contributed by atoms with van der Waals surface area (Å²) in [5, 5.41) is 0. The molecule has 1 nitrogen and oxygen atoms in total. The molecule has 0 amide bonds. The summed E-state index contributed by atoms with van der Waals surface area (Å²) in [6.45, 7) is 4.02. The number of benzene rings is 3. The van der Waals surface area contributed by atoms with Crippen molar-refractivity contribution in [3.05, 3.63) is 88.5 Å². The van der Waals surface area contributed by atoms with Gasteiger partial charge in [0.15, 0.2) is 23.2 Å². The molecule has 0 N–H and O–H groups in total. The molecule has 0 heterocycles. The number of aryl methyl sites for hydroxylation is 1. The molecule has 0 saturated carbocycles. The van der Waals surface area contributed by atoms with Gasteiger partial charge in [0.1, 0.15) is 0 Å². The molecular formula is C29H30F4O. The van der Waals surface area contributed by atoms with E-state index in [1.165, 1.54) is 56.5 Å². The van der Waals surface area contributed by atoms with Crippen LogP contribution in [0.5, 0.6) is 5.75 Å². The zero-order valence-electron chi connectivity index (χ0n) is 19.6. The van der Waals surface area contributed by atoms with E-state index in [4.69, 9.17) is 4.74 Å². The smallest absolute Gasteiger partial charge is 0.201 e. The van der Waals surface area contributed by atoms with Gasteiger partial charge in [0.25, 0.3) is 0 Å². The molecule has 0 aliphatic carbocycles. The van der Waals surface area contributed by atoms with E-state index in [1.807, 2.05) is 0 Å². The van der Waals surface area contributed by atoms with E-state index in [1.54, 1.807) is 30.3 Å². The minimum absolute atomic E-state index is 0.0817. The van der Waals surface area contributed by atoms with Crippen LogP contribution in [0, 0.1) is 30.2 Å². The Morgan fingerprint density at radius 2 is 1.38 bits per heavy atom. The van der Waals surface area contributed by atoms with Crippen LogP contribution < -0.4 is 4.74 Å². The first kappa shape index (κ1) is 25.5. The van der Waals surface area contributed by atoms with Crippen LogP contribution in [0.25, 0.3) is 23.3 Å². The average molecular weight is 471 g/mol. The van der Waals surface area contributed by atoms with Gasteiger partial charge in [-0.1, -0.05) is 87.6 Å². The van der Waals surface area contributed by atoms with Crippen LogP contribution >= 0.6 is 0 Å². The number of ether oxygens (including phenoxy) is 1. The summed E-state index contributed by atoms with van der Waals surface area (Å²) in [4.78, 5) is 0. The molecule has 0 fully saturated rings. The largest absolute Gasteiger partial charge is 0.490 e. The first-order valence-electron chi connectivity index (χ1n) is 11.8. The molecule has 34 heavy (non-hydrogen) atoms. The predicted molar refractivity (Wildman–Crippen MR) is 131 cm³/mol. The lowest BCUT2D eigenvalue weighted by molar-refractivity contribution is 0.285. The maximum atomic E-state index is 14.7. The molecule has 0 atom stereocenters. The van der Waals surface area contributed by atoms with Crippen molar-refractivity contribution in [1.82, 2.24) is 0 Å². The number of rotatable bonds is 11. The van der Waals surface area contributed by atoms with Gasteiger partial charge in [-0.05, 0) is 42.2 Å². The van der Waals surface area contributed by atoms with Crippen LogP contribution in [0.2, 0.25) is 0 Å². The Bertz CT molecular complexity index is 1120. The number of halogens is 4. The first-order valence-corrected chi connectivity index (χ1v) is 11.8. The van der Waals surface area contributed by atoms with E-state index in [0.717, 1.165) is 19.3 Å². The zero-order valence-corrected chi connectivity index (χ0v) is 19.6. The molecule has 3 aromatic rings. The predicted octanol–water partition coefficient (Wildman–Crippen LogP) is 9.13. The molecule has 3 rings (SSSR count). The van der Waals surface area contributed by atoms with Crippen LogP contribution in [-0.4, -0.2) is 6.61 Å². The van der Waals surface area contributed by atoms with Gasteiger partial charge in [0, 0.05) is 11.1 Å². The van der Waals surface area contributed by atoms with Crippen molar-refractivity contribution in [2.24, 2.45) is 0 Å². The van der Waals surface area contributed by atoms with Gasteiger partial charge in [0.05, 0.1) is 6.61 Å². The third kappa shape index (κ3) is 6.49. The van der Waals surface area contributed by atoms with Gasteiger partial charge in [-0.25, -0.2) is 13.2 Å². The third-order valence-electron chi connectivity index (χ3n) is 5.78. The highest BCUT2D eigenvalue weighted by Gasteiger charge is 2.16. The standard InChI is InChI=1S/C29H30F4O/c1-3-4-5-6-7-8-19-34-25-18-17-24(28(32)29(25)33)22-14-10-21(11-15-22)12-16-23-13-9-20(2)26(30)27(23)31/h9-18H,3-8,19H2,1-2H3/b16-12+. The van der Waals surface area contributed by atoms with Crippen molar-refractivity contribution >= 4 is 12.2 Å². The van der Waals surface area contributed by atoms with Crippen LogP contribution in [-0.2, 0) is 0 Å². The fraction of sp³-hybridized carbons (Fsp3) is 0.310. The quantitative estimate of drug-likeness (QED) is 0.154. The van der Waals surface area contributed by atoms with Crippen molar-refractivity contribution in [3.63, 3.8) is 0 Å². The molecule has 3 aromatic carbocycles. The monoisotopic (exact) mass is 470 g/mol. The Labute approximate surface area is 199 Å². The number of hydrogen-bond acceptors (Lipinski definition) is 1. The molecule has 0 radical (unpaired) electrons. The third-order valence-corrected chi connectivity index (χ3v) is 5.78. The Morgan fingerprint density at radius 1 is 0.676 bits per heavy atom. The van der Waals surface area contributed by atoms with Crippen molar-refractivity contribution < 1.29 is 22.3 Å². The second-order valence-electron chi connectivity index (χ2n) is 8.41. The van der Waals surface area contributed by atoms with Gasteiger partial charge in [-0.15, -0.1) is 0 Å². The molecule has 0 saturated heterocycles. The SMILES string of the molecule is CCCCCCCCOc1ccc(-c2ccc(/C=C/c3ccc(C)c(F)c3F)cc2)c(F)c1F. The van der Waals surface area contributed by atoms with Crippen molar-refractivity contribution in [2.75, 3.05) is 6.61 Å². The Morgan fingerprint density at radius 3 is 2.12 bits per heavy atom. The fourth-order valence-corrected chi connectivity index (χ4v) is 3.68. The molecule has 180 valence electrons. The summed E-state index contributed by atoms with van der Waals surface area (Å²) in [7, 11) is 0. The maximum Gasteiger partial charge on any atom is 0.201 e. The summed E-state index contributed by atoms with van der Waals surface area (Å²) in [5.74, 6) is -3.80. The van der Waals surface area contributed by atoms with Gasteiger partial charge >= 0.3 is 0 Å². The summed E-state index contributed by atoms with van der Waals surface area (Å²) in [5.41, 5.74) is 1.73. The van der Waals surface area contributed by atoms with E-state index in [9.17, 15) is 17.6 Å². The lowest BCUT2D eigenvalue weighted by atomic mass is 10.0. The number of hydrogen-bond donors (Lipinski definition) is 0. The minimum Gasteiger partial charge on any atom is -0.490 e. The van der Waals surface area contributed by atoms with E-state index >= 15 is 0 Å². The Kier molecular flexibility index (Phi) is 9.32. The van der Waals surface area contributed by atoms with Crippen LogP contribution in [0.3, 0.4) is 0 Å². The summed E-state index contributed by atoms with van der Waals surface area (Å²) in [6, 6.07) is 12.7. The van der Waals surface area contributed by atoms with Gasteiger partial charge in [0.2, 0.25) is 5.82 Å². The van der Waals surface area contributed by atoms with E-state index < -0.39 is 23.3 Å². The molecule has 0 bridgehead atoms. The molecule has 0 aliphatic heterocycles.